The standard InChI is InChI=1S/C35H43N3O7S/c1-5-8-11-20-44-28-19-14-24(21-29(28)42-6-2)22-36-38-32(39)23(4)45-26-17-15-25(16-18-26)33(40)37-34-31(35(41)43-7-3)27-12-9-10-13-30(27)46-34/h14-19,21-23H,5-13,20H2,1-4H3,(H,37,40)(H,38,39). The zero-order valence-electron chi connectivity index (χ0n) is 27.0. The molecule has 0 radical (unpaired) electrons. The average molecular weight is 650 g/mol. The van der Waals surface area contributed by atoms with E-state index in [0.29, 0.717) is 46.6 Å². The minimum absolute atomic E-state index is 0.263. The normalized spacial score (nSPS) is 13.0. The van der Waals surface area contributed by atoms with Crippen molar-refractivity contribution in [3.8, 4) is 17.2 Å². The summed E-state index contributed by atoms with van der Waals surface area (Å²) in [5.41, 5.74) is 5.08. The van der Waals surface area contributed by atoms with Gasteiger partial charge in [-0.2, -0.15) is 5.10 Å². The Kier molecular flexibility index (Phi) is 13.0. The fourth-order valence-corrected chi connectivity index (χ4v) is 6.25. The summed E-state index contributed by atoms with van der Waals surface area (Å²) in [6.07, 6.45) is 7.65. The lowest BCUT2D eigenvalue weighted by Gasteiger charge is -2.14. The van der Waals surface area contributed by atoms with Gasteiger partial charge < -0.3 is 24.3 Å². The topological polar surface area (TPSA) is 125 Å². The molecule has 1 heterocycles. The largest absolute Gasteiger partial charge is 0.490 e. The van der Waals surface area contributed by atoms with Crippen LogP contribution in [-0.2, 0) is 22.4 Å². The maximum absolute atomic E-state index is 13.1. The Morgan fingerprint density at radius 2 is 1.74 bits per heavy atom. The van der Waals surface area contributed by atoms with Crippen LogP contribution < -0.4 is 25.0 Å². The molecule has 11 heteroatoms. The van der Waals surface area contributed by atoms with E-state index < -0.39 is 18.0 Å². The van der Waals surface area contributed by atoms with E-state index in [4.69, 9.17) is 18.9 Å². The summed E-state index contributed by atoms with van der Waals surface area (Å²) in [5, 5.41) is 7.49. The van der Waals surface area contributed by atoms with Crippen molar-refractivity contribution in [3.05, 3.63) is 69.6 Å². The van der Waals surface area contributed by atoms with Crippen LogP contribution in [0.15, 0.2) is 47.6 Å². The van der Waals surface area contributed by atoms with Crippen molar-refractivity contribution in [2.45, 2.75) is 78.7 Å². The van der Waals surface area contributed by atoms with E-state index in [9.17, 15) is 14.4 Å². The number of hydrogen-bond acceptors (Lipinski definition) is 9. The first-order valence-corrected chi connectivity index (χ1v) is 16.8. The number of nitrogens with one attached hydrogen (secondary N) is 2. The molecule has 2 N–H and O–H groups in total. The number of carbonyl (C=O) groups is 3. The number of aryl methyl sites for hydroxylation is 1. The first-order chi connectivity index (χ1) is 22.3. The first kappa shape index (κ1) is 34.5. The molecule has 0 aliphatic heterocycles. The highest BCUT2D eigenvalue weighted by Crippen LogP contribution is 2.39. The second kappa shape index (κ2) is 17.4. The van der Waals surface area contributed by atoms with Crippen molar-refractivity contribution in [2.24, 2.45) is 5.10 Å². The van der Waals surface area contributed by atoms with Crippen LogP contribution in [0.2, 0.25) is 0 Å². The lowest BCUT2D eigenvalue weighted by molar-refractivity contribution is -0.127. The highest BCUT2D eigenvalue weighted by atomic mass is 32.1. The monoisotopic (exact) mass is 649 g/mol. The summed E-state index contributed by atoms with van der Waals surface area (Å²) < 4.78 is 22.6. The van der Waals surface area contributed by atoms with Gasteiger partial charge in [-0.3, -0.25) is 9.59 Å². The number of carbonyl (C=O) groups excluding carboxylic acids is 3. The number of amides is 2. The highest BCUT2D eigenvalue weighted by Gasteiger charge is 2.27. The van der Waals surface area contributed by atoms with Crippen molar-refractivity contribution in [2.75, 3.05) is 25.1 Å². The zero-order valence-corrected chi connectivity index (χ0v) is 27.8. The third-order valence-electron chi connectivity index (χ3n) is 7.34. The van der Waals surface area contributed by atoms with Gasteiger partial charge in [0, 0.05) is 10.4 Å². The van der Waals surface area contributed by atoms with Crippen molar-refractivity contribution in [3.63, 3.8) is 0 Å². The fourth-order valence-electron chi connectivity index (χ4n) is 4.98. The minimum atomic E-state index is -0.848. The molecule has 3 aromatic rings. The van der Waals surface area contributed by atoms with Crippen LogP contribution in [0.5, 0.6) is 17.2 Å². The number of nitrogens with zero attached hydrogens (tertiary/aromatic N) is 1. The molecule has 1 unspecified atom stereocenters. The number of ether oxygens (including phenoxy) is 4. The maximum Gasteiger partial charge on any atom is 0.341 e. The van der Waals surface area contributed by atoms with Crippen molar-refractivity contribution in [1.82, 2.24) is 5.43 Å². The van der Waals surface area contributed by atoms with Gasteiger partial charge in [-0.1, -0.05) is 19.8 Å². The molecule has 0 bridgehead atoms. The molecular formula is C35H43N3O7S. The molecular weight excluding hydrogens is 606 g/mol. The fraction of sp³-hybridized carbons (Fsp3) is 0.429. The van der Waals surface area contributed by atoms with E-state index in [1.165, 1.54) is 17.6 Å². The van der Waals surface area contributed by atoms with Crippen LogP contribution in [-0.4, -0.2) is 49.9 Å². The summed E-state index contributed by atoms with van der Waals surface area (Å²) in [6, 6.07) is 12.0. The summed E-state index contributed by atoms with van der Waals surface area (Å²) >= 11 is 1.44. The van der Waals surface area contributed by atoms with Crippen LogP contribution in [0.1, 0.15) is 96.5 Å². The average Bonchev–Trinajstić information content (AvgIpc) is 3.42. The molecule has 1 aromatic heterocycles. The molecule has 246 valence electrons. The van der Waals surface area contributed by atoms with Crippen LogP contribution in [0.3, 0.4) is 0 Å². The lowest BCUT2D eigenvalue weighted by atomic mass is 9.95. The van der Waals surface area contributed by atoms with E-state index in [1.54, 1.807) is 38.1 Å². The van der Waals surface area contributed by atoms with Gasteiger partial charge in [0.2, 0.25) is 0 Å². The highest BCUT2D eigenvalue weighted by molar-refractivity contribution is 7.17. The zero-order chi connectivity index (χ0) is 32.9. The van der Waals surface area contributed by atoms with Crippen LogP contribution >= 0.6 is 11.3 Å². The van der Waals surface area contributed by atoms with Gasteiger partial charge in [-0.05, 0) is 106 Å². The predicted octanol–water partition coefficient (Wildman–Crippen LogP) is 6.94. The molecule has 1 atom stereocenters. The third kappa shape index (κ3) is 9.32. The number of thiophene rings is 1. The SMILES string of the molecule is CCCCCOc1ccc(C=NNC(=O)C(C)Oc2ccc(C(=O)Nc3sc4c(c3C(=O)OCC)CCCC4)cc2)cc1OCC. The number of esters is 1. The number of rotatable bonds is 16. The molecule has 0 fully saturated rings. The van der Waals surface area contributed by atoms with E-state index >= 15 is 0 Å². The van der Waals surface area contributed by atoms with E-state index in [2.05, 4.69) is 22.8 Å². The van der Waals surface area contributed by atoms with Crippen LogP contribution in [0.25, 0.3) is 0 Å². The molecule has 2 amide bonds. The molecule has 4 rings (SSSR count). The molecule has 46 heavy (non-hydrogen) atoms. The molecule has 0 saturated carbocycles. The van der Waals surface area contributed by atoms with E-state index in [-0.39, 0.29) is 12.5 Å². The van der Waals surface area contributed by atoms with Gasteiger partial charge in [0.15, 0.2) is 17.6 Å². The number of fused-ring (bicyclic) bond motifs is 1. The van der Waals surface area contributed by atoms with Gasteiger partial charge in [0.1, 0.15) is 10.8 Å². The Balaban J connectivity index is 1.31. The summed E-state index contributed by atoms with van der Waals surface area (Å²) in [6.45, 7) is 8.81. The Hall–Kier alpha value is -4.38. The Bertz CT molecular complexity index is 1520. The number of hydrazone groups is 1. The molecule has 10 nitrogen and oxygen atoms in total. The van der Waals surface area contributed by atoms with E-state index in [0.717, 1.165) is 60.9 Å². The van der Waals surface area contributed by atoms with Gasteiger partial charge in [0.25, 0.3) is 11.8 Å². The maximum atomic E-state index is 13.1. The second-order valence-corrected chi connectivity index (χ2v) is 11.9. The third-order valence-corrected chi connectivity index (χ3v) is 8.55. The Morgan fingerprint density at radius 3 is 2.48 bits per heavy atom. The minimum Gasteiger partial charge on any atom is -0.490 e. The number of hydrogen-bond donors (Lipinski definition) is 2. The van der Waals surface area contributed by atoms with E-state index in [1.807, 2.05) is 25.1 Å². The van der Waals surface area contributed by atoms with Gasteiger partial charge in [0.05, 0.1) is 31.6 Å². The van der Waals surface area contributed by atoms with Gasteiger partial charge in [-0.15, -0.1) is 11.3 Å². The Labute approximate surface area is 274 Å². The predicted molar refractivity (Wildman–Crippen MR) is 180 cm³/mol. The molecule has 1 aliphatic carbocycles. The number of anilines is 1. The summed E-state index contributed by atoms with van der Waals surface area (Å²) in [4.78, 5) is 39.6. The van der Waals surface area contributed by atoms with Gasteiger partial charge in [-0.25, -0.2) is 10.2 Å². The first-order valence-electron chi connectivity index (χ1n) is 16.0. The molecule has 2 aromatic carbocycles. The van der Waals surface area contributed by atoms with Crippen LogP contribution in [0.4, 0.5) is 5.00 Å². The number of benzene rings is 2. The van der Waals surface area contributed by atoms with Crippen molar-refractivity contribution < 1.29 is 33.3 Å². The van der Waals surface area contributed by atoms with Gasteiger partial charge >= 0.3 is 5.97 Å². The summed E-state index contributed by atoms with van der Waals surface area (Å²) in [7, 11) is 0. The number of unbranched alkanes of at least 4 members (excludes halogenated alkanes) is 2. The quantitative estimate of drug-likeness (QED) is 0.0745. The molecule has 0 spiro atoms. The molecule has 1 aliphatic rings. The lowest BCUT2D eigenvalue weighted by Crippen LogP contribution is -2.33. The van der Waals surface area contributed by atoms with Crippen molar-refractivity contribution in [1.29, 1.82) is 0 Å². The Morgan fingerprint density at radius 1 is 0.957 bits per heavy atom. The second-order valence-electron chi connectivity index (χ2n) is 10.8. The smallest absolute Gasteiger partial charge is 0.341 e. The van der Waals surface area contributed by atoms with Crippen molar-refractivity contribution >= 4 is 40.3 Å². The molecule has 0 saturated heterocycles. The summed E-state index contributed by atoms with van der Waals surface area (Å²) in [5.74, 6) is 0.520. The van der Waals surface area contributed by atoms with Crippen LogP contribution in [0, 0.1) is 0 Å².